The average Bonchev–Trinajstić information content (AvgIpc) is 2.72. The fraction of sp³-hybridized carbons (Fsp3) is 0.636. The summed E-state index contributed by atoms with van der Waals surface area (Å²) in [5.41, 5.74) is -4.67. The van der Waals surface area contributed by atoms with Gasteiger partial charge in [-0.3, -0.25) is 23.4 Å². The van der Waals surface area contributed by atoms with Crippen LogP contribution in [0.5, 0.6) is 0 Å². The second-order valence-electron chi connectivity index (χ2n) is 5.89. The highest BCUT2D eigenvalue weighted by Gasteiger charge is 2.67. The average molecular weight is 471 g/mol. The minimum absolute atomic E-state index is 0.280. The molecule has 0 bridgehead atoms. The molecule has 1 aromatic heterocycles. The molecule has 1 saturated heterocycles. The van der Waals surface area contributed by atoms with Gasteiger partial charge in [0.2, 0.25) is 6.23 Å². The number of aromatic amines is 1. The maximum absolute atomic E-state index is 14.6. The van der Waals surface area contributed by atoms with Gasteiger partial charge >= 0.3 is 27.0 Å². The molecule has 160 valence electrons. The molecule has 1 fully saturated rings. The van der Waals surface area contributed by atoms with E-state index in [2.05, 4.69) is 8.83 Å². The third kappa shape index (κ3) is 4.78. The molecule has 1 aliphatic heterocycles. The summed E-state index contributed by atoms with van der Waals surface area (Å²) >= 11 is 5.61. The number of hydrogen-bond acceptors (Lipinski definition) is 8. The lowest BCUT2D eigenvalue weighted by atomic mass is 9.97. The number of hydrogen-bond donors (Lipinski definition) is 4. The van der Waals surface area contributed by atoms with Gasteiger partial charge in [-0.25, -0.2) is 13.7 Å². The Morgan fingerprint density at radius 3 is 2.50 bits per heavy atom. The number of nitrogens with zero attached hydrogens (tertiary/aromatic N) is 1. The summed E-state index contributed by atoms with van der Waals surface area (Å²) < 4.78 is 65.5. The van der Waals surface area contributed by atoms with Crippen molar-refractivity contribution in [1.29, 1.82) is 0 Å². The molecule has 0 aliphatic carbocycles. The number of halogens is 3. The monoisotopic (exact) mass is 470 g/mol. The molecule has 2 heterocycles. The molecule has 0 saturated carbocycles. The normalized spacial score (nSPS) is 31.2. The Morgan fingerprint density at radius 2 is 2.00 bits per heavy atom. The second-order valence-corrected chi connectivity index (χ2v) is 9.61. The van der Waals surface area contributed by atoms with E-state index in [1.807, 2.05) is 0 Å². The number of phosphoric ester groups is 1. The number of aliphatic hydroxyl groups excluding tert-OH is 1. The Morgan fingerprint density at radius 1 is 1.39 bits per heavy atom. The minimum Gasteiger partial charge on any atom is -0.383 e. The van der Waals surface area contributed by atoms with Crippen molar-refractivity contribution in [2.24, 2.45) is 0 Å². The van der Waals surface area contributed by atoms with Gasteiger partial charge in [0, 0.05) is 18.9 Å². The van der Waals surface area contributed by atoms with Crippen LogP contribution >= 0.6 is 27.0 Å². The number of alkyl halides is 3. The van der Waals surface area contributed by atoms with Gasteiger partial charge in [-0.15, -0.1) is 11.6 Å². The fourth-order valence-electron chi connectivity index (χ4n) is 2.37. The first kappa shape index (κ1) is 23.3. The van der Waals surface area contributed by atoms with Crippen molar-refractivity contribution in [3.63, 3.8) is 0 Å². The summed E-state index contributed by atoms with van der Waals surface area (Å²) in [6, 6.07) is 0.750. The quantitative estimate of drug-likeness (QED) is 0.313. The van der Waals surface area contributed by atoms with Crippen LogP contribution in [0.2, 0.25) is 0 Å². The van der Waals surface area contributed by atoms with E-state index >= 15 is 0 Å². The van der Waals surface area contributed by atoms with Crippen LogP contribution in [0, 0.1) is 0 Å². The summed E-state index contributed by atoms with van der Waals surface area (Å²) in [5, 5.41) is 10.0. The fourth-order valence-corrected chi connectivity index (χ4v) is 4.76. The van der Waals surface area contributed by atoms with E-state index in [0.717, 1.165) is 6.07 Å². The van der Waals surface area contributed by atoms with E-state index in [9.17, 15) is 37.5 Å². The molecular formula is C11H15ClF2N2O10P2. The summed E-state index contributed by atoms with van der Waals surface area (Å²) in [6.07, 6.45) is -4.50. The van der Waals surface area contributed by atoms with Gasteiger partial charge in [0.25, 0.3) is 5.56 Å². The van der Waals surface area contributed by atoms with Gasteiger partial charge in [0.15, 0.2) is 6.10 Å². The Hall–Kier alpha value is -0.950. The predicted octanol–water partition coefficient (Wildman–Crippen LogP) is -0.0120. The van der Waals surface area contributed by atoms with Gasteiger partial charge < -0.3 is 19.6 Å². The first-order valence-electron chi connectivity index (χ1n) is 7.24. The molecule has 1 aromatic rings. The number of rotatable bonds is 7. The molecule has 28 heavy (non-hydrogen) atoms. The maximum atomic E-state index is 14.6. The highest BCUT2D eigenvalue weighted by Crippen LogP contribution is 2.59. The molecule has 0 aromatic carbocycles. The van der Waals surface area contributed by atoms with Crippen LogP contribution in [0.3, 0.4) is 0 Å². The van der Waals surface area contributed by atoms with E-state index in [0.29, 0.717) is 12.9 Å². The number of aliphatic hydroxyl groups is 1. The molecule has 0 spiro atoms. The molecule has 5 atom stereocenters. The van der Waals surface area contributed by atoms with Crippen LogP contribution in [0.15, 0.2) is 21.9 Å². The lowest BCUT2D eigenvalue weighted by Crippen LogP contribution is -2.50. The van der Waals surface area contributed by atoms with Crippen LogP contribution in [0.4, 0.5) is 8.78 Å². The number of nitrogens with one attached hydrogen (secondary N) is 1. The molecule has 5 unspecified atom stereocenters. The van der Waals surface area contributed by atoms with Gasteiger partial charge in [0.1, 0.15) is 5.60 Å². The van der Waals surface area contributed by atoms with Crippen molar-refractivity contribution in [2.45, 2.75) is 23.9 Å². The largest absolute Gasteiger partial charge is 0.479 e. The summed E-state index contributed by atoms with van der Waals surface area (Å²) in [6.45, 7) is -0.695. The Kier molecular flexibility index (Phi) is 6.42. The van der Waals surface area contributed by atoms with Crippen LogP contribution in [-0.4, -0.2) is 61.2 Å². The van der Waals surface area contributed by atoms with Crippen LogP contribution in [0.1, 0.15) is 6.23 Å². The Labute approximate surface area is 159 Å². The lowest BCUT2D eigenvalue weighted by molar-refractivity contribution is -0.143. The van der Waals surface area contributed by atoms with Crippen LogP contribution < -0.4 is 11.2 Å². The molecule has 2 rings (SSSR count). The Balaban J connectivity index is 2.35. The lowest BCUT2D eigenvalue weighted by Gasteiger charge is -2.29. The number of ether oxygens (including phenoxy) is 1. The van der Waals surface area contributed by atoms with Crippen LogP contribution in [0.25, 0.3) is 0 Å². The SMILES string of the molecule is CP(=O)(O)OP(=O)(O)OCC1(CCl)OC(n2ccc(=O)[nH]c2=O)C(F)(F)C1O. The van der Waals surface area contributed by atoms with E-state index in [1.54, 1.807) is 4.98 Å². The standard InChI is InChI=1S/C11H15ClF2N2O10P2/c1-27(20,21)26-28(22,23)24-5-10(4-12)7(18)11(13,14)8(25-10)16-3-2-6(17)15-9(16)19/h2-3,7-8,18H,4-5H2,1H3,(H,20,21)(H,22,23)(H,15,17,19). The topological polar surface area (TPSA) is 177 Å². The van der Waals surface area contributed by atoms with Crippen molar-refractivity contribution in [2.75, 3.05) is 19.2 Å². The van der Waals surface area contributed by atoms with Gasteiger partial charge in [-0.05, 0) is 0 Å². The van der Waals surface area contributed by atoms with E-state index in [4.69, 9.17) is 21.2 Å². The number of aromatic nitrogens is 2. The van der Waals surface area contributed by atoms with E-state index in [1.165, 1.54) is 0 Å². The van der Waals surface area contributed by atoms with Crippen molar-refractivity contribution in [3.05, 3.63) is 33.1 Å². The molecule has 4 N–H and O–H groups in total. The molecular weight excluding hydrogens is 456 g/mol. The maximum Gasteiger partial charge on any atom is 0.479 e. The van der Waals surface area contributed by atoms with E-state index in [-0.39, 0.29) is 4.57 Å². The minimum atomic E-state index is -5.22. The molecule has 0 radical (unpaired) electrons. The molecule has 12 nitrogen and oxygen atoms in total. The first-order valence-corrected chi connectivity index (χ1v) is 11.3. The third-order valence-corrected chi connectivity index (χ3v) is 6.54. The van der Waals surface area contributed by atoms with E-state index < -0.39 is 63.0 Å². The van der Waals surface area contributed by atoms with Crippen molar-refractivity contribution < 1.29 is 46.4 Å². The van der Waals surface area contributed by atoms with Gasteiger partial charge in [-0.1, -0.05) is 0 Å². The number of H-pyrrole nitrogens is 1. The number of phosphoric acid groups is 1. The zero-order valence-electron chi connectivity index (χ0n) is 13.9. The van der Waals surface area contributed by atoms with Gasteiger partial charge in [-0.2, -0.15) is 8.78 Å². The second kappa shape index (κ2) is 7.71. The van der Waals surface area contributed by atoms with Crippen molar-refractivity contribution in [3.8, 4) is 0 Å². The summed E-state index contributed by atoms with van der Waals surface area (Å²) in [4.78, 5) is 43.0. The van der Waals surface area contributed by atoms with Crippen molar-refractivity contribution >= 4 is 27.0 Å². The van der Waals surface area contributed by atoms with Crippen molar-refractivity contribution in [1.82, 2.24) is 9.55 Å². The third-order valence-electron chi connectivity index (χ3n) is 3.60. The summed E-state index contributed by atoms with van der Waals surface area (Å²) in [5.74, 6) is -5.06. The zero-order chi connectivity index (χ0) is 21.5. The predicted molar refractivity (Wildman–Crippen MR) is 88.5 cm³/mol. The zero-order valence-corrected chi connectivity index (χ0v) is 16.4. The Bertz CT molecular complexity index is 948. The molecule has 17 heteroatoms. The summed E-state index contributed by atoms with van der Waals surface area (Å²) in [7, 11) is -9.71. The molecule has 1 aliphatic rings. The van der Waals surface area contributed by atoms with Crippen LogP contribution in [-0.2, 0) is 22.7 Å². The highest BCUT2D eigenvalue weighted by atomic mass is 35.5. The highest BCUT2D eigenvalue weighted by molar-refractivity contribution is 7.63. The smallest absolute Gasteiger partial charge is 0.383 e. The first-order chi connectivity index (χ1) is 12.6. The van der Waals surface area contributed by atoms with Gasteiger partial charge in [0.05, 0.1) is 12.5 Å². The molecule has 0 amide bonds.